The van der Waals surface area contributed by atoms with Crippen molar-refractivity contribution in [1.29, 1.82) is 0 Å². The number of methoxy groups -OCH3 is 1. The number of unbranched alkanes of at least 4 members (excludes halogenated alkanes) is 1. The van der Waals surface area contributed by atoms with Gasteiger partial charge in [0.1, 0.15) is 5.78 Å². The first-order chi connectivity index (χ1) is 36.4. The van der Waals surface area contributed by atoms with E-state index in [4.69, 9.17) is 9.47 Å². The number of hydrogen-bond acceptors (Lipinski definition) is 14. The van der Waals surface area contributed by atoms with E-state index in [9.17, 15) is 43.2 Å². The molecule has 1 unspecified atom stereocenters. The molecule has 3 aromatic carbocycles. The molecular formula is C55H67N9O11S. The van der Waals surface area contributed by atoms with Crippen LogP contribution in [-0.2, 0) is 60.0 Å². The lowest BCUT2D eigenvalue weighted by Crippen LogP contribution is -2.47. The molecule has 20 nitrogen and oxygen atoms in total. The molecule has 404 valence electrons. The molecule has 4 N–H and O–H groups in total. The van der Waals surface area contributed by atoms with Gasteiger partial charge in [0.25, 0.3) is 11.8 Å². The summed E-state index contributed by atoms with van der Waals surface area (Å²) in [6, 6.07) is 17.6. The lowest BCUT2D eigenvalue weighted by Gasteiger charge is -2.36. The third kappa shape index (κ3) is 14.2. The molecule has 0 bridgehead atoms. The van der Waals surface area contributed by atoms with Gasteiger partial charge < -0.3 is 45.1 Å². The molecule has 21 heteroatoms. The SMILES string of the molecule is COc1cc2c(cc1OCCCC(=O)Nc1cn(C)c(C(=O)Nc3ccc(CC(=O)[C@H](C)NC(=O)[C@H](C)CC(=O)CCCCC(=O)NCCN4C(=O)CC(SC)C4=O)cc3)n1)N(C)C[C@@H]1Cc3ccccc3CN1C2=O. The van der Waals surface area contributed by atoms with E-state index < -0.39 is 23.8 Å². The van der Waals surface area contributed by atoms with Crippen molar-refractivity contribution in [2.45, 2.75) is 102 Å². The van der Waals surface area contributed by atoms with Crippen LogP contribution in [0, 0.1) is 5.92 Å². The number of carbonyl (C=O) groups excluding carboxylic acids is 9. The van der Waals surface area contributed by atoms with Crippen LogP contribution in [-0.4, -0.2) is 136 Å². The van der Waals surface area contributed by atoms with Crippen LogP contribution in [0.25, 0.3) is 0 Å². The summed E-state index contributed by atoms with van der Waals surface area (Å²) in [5.74, 6) is -1.98. The topological polar surface area (TPSA) is 248 Å². The molecule has 1 saturated heterocycles. The number of likely N-dealkylation sites (tertiary alicyclic amines) is 1. The van der Waals surface area contributed by atoms with Gasteiger partial charge in [-0.2, -0.15) is 11.8 Å². The van der Waals surface area contributed by atoms with Gasteiger partial charge in [0, 0.05) is 103 Å². The van der Waals surface area contributed by atoms with Crippen molar-refractivity contribution in [1.82, 2.24) is 30.0 Å². The Balaban J connectivity index is 0.781. The molecule has 0 spiro atoms. The second kappa shape index (κ2) is 25.8. The van der Waals surface area contributed by atoms with Gasteiger partial charge in [-0.15, -0.1) is 0 Å². The average molecular weight is 1060 g/mol. The van der Waals surface area contributed by atoms with Gasteiger partial charge in [-0.05, 0) is 73.8 Å². The number of rotatable bonds is 25. The number of hydrogen-bond donors (Lipinski definition) is 4. The molecule has 0 radical (unpaired) electrons. The van der Waals surface area contributed by atoms with Gasteiger partial charge in [-0.3, -0.25) is 48.1 Å². The van der Waals surface area contributed by atoms with Gasteiger partial charge in [0.05, 0.1) is 42.3 Å². The molecule has 3 aliphatic heterocycles. The Bertz CT molecular complexity index is 2850. The monoisotopic (exact) mass is 1060 g/mol. The van der Waals surface area contributed by atoms with Crippen LogP contribution in [0.4, 0.5) is 17.2 Å². The number of Topliss-reactive ketones (excluding diaryl/α,β-unsaturated/α-hetero) is 2. The van der Waals surface area contributed by atoms with Crippen LogP contribution in [0.5, 0.6) is 11.5 Å². The quantitative estimate of drug-likeness (QED) is 0.0511. The fourth-order valence-corrected chi connectivity index (χ4v) is 10.2. The van der Waals surface area contributed by atoms with Crippen LogP contribution < -0.4 is 35.6 Å². The Morgan fingerprint density at radius 1 is 0.855 bits per heavy atom. The summed E-state index contributed by atoms with van der Waals surface area (Å²) in [6.45, 7) is 4.87. The molecule has 1 aromatic heterocycles. The molecule has 4 heterocycles. The molecule has 7 rings (SSSR count). The number of nitrogens with zero attached hydrogens (tertiary/aromatic N) is 5. The number of carbonyl (C=O) groups is 9. The predicted octanol–water partition coefficient (Wildman–Crippen LogP) is 4.87. The van der Waals surface area contributed by atoms with E-state index >= 15 is 0 Å². The van der Waals surface area contributed by atoms with Crippen LogP contribution in [0.15, 0.2) is 66.9 Å². The zero-order valence-corrected chi connectivity index (χ0v) is 44.7. The summed E-state index contributed by atoms with van der Waals surface area (Å²) >= 11 is 1.33. The standard InChI is InChI=1S/C55H67N9O11S/c1-33(24-40(65)14-9-10-15-48(67)56-21-22-63-50(69)29-46(76-6)55(63)73)52(70)57-34(2)43(66)25-35-17-19-38(20-18-35)58-53(71)51-60-47(32-62(51)4)59-49(68)16-11-23-75-45-28-42-41(27-44(45)74-5)54(72)64-30-37-13-8-7-12-36(37)26-39(64)31-61(42)3/h7-8,12-13,17-20,27-28,32-34,39,46H,9-11,14-16,21-26,29-31H2,1-6H3,(H,56,67)(H,57,70)(H,58,71)(H,59,68)/t33-,34+,39+,46?/m1/s1. The third-order valence-corrected chi connectivity index (χ3v) is 14.8. The Morgan fingerprint density at radius 3 is 2.30 bits per heavy atom. The Labute approximate surface area is 446 Å². The number of aryl methyl sites for hydroxylation is 1. The number of benzene rings is 3. The lowest BCUT2D eigenvalue weighted by molar-refractivity contribution is -0.138. The number of ketones is 2. The molecule has 4 aromatic rings. The zero-order chi connectivity index (χ0) is 54.6. The fourth-order valence-electron chi connectivity index (χ4n) is 9.52. The van der Waals surface area contributed by atoms with E-state index in [1.165, 1.54) is 40.1 Å². The maximum absolute atomic E-state index is 13.9. The number of aromatic nitrogens is 2. The predicted molar refractivity (Wildman–Crippen MR) is 286 cm³/mol. The van der Waals surface area contributed by atoms with Crippen LogP contribution in [0.1, 0.15) is 103 Å². The van der Waals surface area contributed by atoms with Crippen molar-refractivity contribution in [2.24, 2.45) is 13.0 Å². The van der Waals surface area contributed by atoms with E-state index in [0.717, 1.165) is 17.7 Å². The fraction of sp³-hybridized carbons (Fsp3) is 0.455. The molecule has 3 aliphatic rings. The van der Waals surface area contributed by atoms with E-state index in [0.29, 0.717) is 60.7 Å². The average Bonchev–Trinajstić information content (AvgIpc) is 3.88. The Hall–Kier alpha value is -7.55. The molecule has 0 aliphatic carbocycles. The smallest absolute Gasteiger partial charge is 0.291 e. The van der Waals surface area contributed by atoms with Gasteiger partial charge >= 0.3 is 0 Å². The van der Waals surface area contributed by atoms with Crippen molar-refractivity contribution in [3.63, 3.8) is 0 Å². The summed E-state index contributed by atoms with van der Waals surface area (Å²) in [4.78, 5) is 125. The first-order valence-corrected chi connectivity index (χ1v) is 26.9. The van der Waals surface area contributed by atoms with E-state index in [2.05, 4.69) is 43.3 Å². The van der Waals surface area contributed by atoms with Gasteiger partial charge in [-0.1, -0.05) is 43.3 Å². The van der Waals surface area contributed by atoms with E-state index in [-0.39, 0.29) is 122 Å². The highest BCUT2D eigenvalue weighted by atomic mass is 32.2. The number of fused-ring (bicyclic) bond motifs is 3. The zero-order valence-electron chi connectivity index (χ0n) is 43.9. The molecule has 4 atom stereocenters. The summed E-state index contributed by atoms with van der Waals surface area (Å²) in [5, 5.41) is 10.6. The number of ether oxygens (including phenoxy) is 2. The normalized spacial score (nSPS) is 16.7. The van der Waals surface area contributed by atoms with Crippen molar-refractivity contribution in [3.8, 4) is 11.5 Å². The number of nitrogens with one attached hydrogen (secondary N) is 4. The van der Waals surface area contributed by atoms with Gasteiger partial charge in [0.2, 0.25) is 35.4 Å². The van der Waals surface area contributed by atoms with Gasteiger partial charge in [0.15, 0.2) is 23.1 Å². The lowest BCUT2D eigenvalue weighted by atomic mass is 9.93. The highest BCUT2D eigenvalue weighted by molar-refractivity contribution is 8.00. The number of amides is 7. The molecule has 7 amide bonds. The summed E-state index contributed by atoms with van der Waals surface area (Å²) < 4.78 is 13.3. The van der Waals surface area contributed by atoms with E-state index in [1.807, 2.05) is 30.1 Å². The van der Waals surface area contributed by atoms with Gasteiger partial charge in [-0.25, -0.2) is 4.98 Å². The first kappa shape index (κ1) is 56.2. The Morgan fingerprint density at radius 2 is 1.58 bits per heavy atom. The van der Waals surface area contributed by atoms with Crippen LogP contribution in [0.2, 0.25) is 0 Å². The molecule has 76 heavy (non-hydrogen) atoms. The number of anilines is 3. The van der Waals surface area contributed by atoms with Crippen LogP contribution >= 0.6 is 11.8 Å². The highest BCUT2D eigenvalue weighted by Gasteiger charge is 2.38. The second-order valence-electron chi connectivity index (χ2n) is 19.6. The van der Waals surface area contributed by atoms with Crippen LogP contribution in [0.3, 0.4) is 0 Å². The number of imide groups is 1. The first-order valence-electron chi connectivity index (χ1n) is 25.6. The van der Waals surface area contributed by atoms with Crippen molar-refractivity contribution in [3.05, 3.63) is 94.9 Å². The maximum Gasteiger partial charge on any atom is 0.291 e. The summed E-state index contributed by atoms with van der Waals surface area (Å²) in [7, 11) is 5.12. The highest BCUT2D eigenvalue weighted by Crippen LogP contribution is 2.39. The largest absolute Gasteiger partial charge is 0.493 e. The molecular weight excluding hydrogens is 995 g/mol. The third-order valence-electron chi connectivity index (χ3n) is 13.8. The number of imidazole rings is 1. The minimum Gasteiger partial charge on any atom is -0.493 e. The maximum atomic E-state index is 13.9. The second-order valence-corrected chi connectivity index (χ2v) is 20.6. The van der Waals surface area contributed by atoms with Crippen molar-refractivity contribution >= 4 is 81.9 Å². The summed E-state index contributed by atoms with van der Waals surface area (Å²) in [6.07, 6.45) is 5.99. The van der Waals surface area contributed by atoms with E-state index in [1.54, 1.807) is 57.5 Å². The minimum absolute atomic E-state index is 0.00962. The number of thioether (sulfide) groups is 1. The van der Waals surface area contributed by atoms with Crippen molar-refractivity contribution < 1.29 is 52.6 Å². The summed E-state index contributed by atoms with van der Waals surface area (Å²) in [5.41, 5.74) is 4.79. The molecule has 1 fully saturated rings. The van der Waals surface area contributed by atoms with Crippen molar-refractivity contribution in [2.75, 3.05) is 62.2 Å². The molecule has 0 saturated carbocycles. The number of likely N-dealkylation sites (N-methyl/N-ethyl adjacent to an activating group) is 1. The Kier molecular flexibility index (Phi) is 19.1. The minimum atomic E-state index is -0.822.